The summed E-state index contributed by atoms with van der Waals surface area (Å²) < 4.78 is 1.14. The van der Waals surface area contributed by atoms with Crippen LogP contribution in [0.15, 0.2) is 68.4 Å². The highest BCUT2D eigenvalue weighted by atomic mass is 35.5. The smallest absolute Gasteiger partial charge is 0.266 e. The van der Waals surface area contributed by atoms with Gasteiger partial charge in [-0.2, -0.15) is 0 Å². The maximum Gasteiger partial charge on any atom is 0.266 e. The predicted octanol–water partition coefficient (Wildman–Crippen LogP) is 7.20. The predicted molar refractivity (Wildman–Crippen MR) is 143 cm³/mol. The van der Waals surface area contributed by atoms with Gasteiger partial charge in [-0.3, -0.25) is 9.69 Å². The van der Waals surface area contributed by atoms with E-state index in [1.165, 1.54) is 16.7 Å². The van der Waals surface area contributed by atoms with E-state index >= 15 is 0 Å². The minimum absolute atomic E-state index is 0.0183. The van der Waals surface area contributed by atoms with Gasteiger partial charge in [0.05, 0.1) is 36.5 Å². The number of aromatic nitrogens is 1. The first-order chi connectivity index (χ1) is 16.0. The summed E-state index contributed by atoms with van der Waals surface area (Å²) in [6.45, 7) is 7.46. The second-order valence-electron chi connectivity index (χ2n) is 7.42. The number of amides is 1. The molecular formula is C24H21ClN4OS3. The number of halogens is 1. The Balaban J connectivity index is 1.43. The number of aliphatic imine (C=N–C) groups is 1. The van der Waals surface area contributed by atoms with E-state index in [1.807, 2.05) is 62.4 Å². The highest BCUT2D eigenvalue weighted by Gasteiger charge is 2.32. The van der Waals surface area contributed by atoms with Crippen molar-refractivity contribution in [2.24, 2.45) is 4.99 Å². The Labute approximate surface area is 210 Å². The zero-order valence-corrected chi connectivity index (χ0v) is 21.5. The largest absolute Gasteiger partial charge is 0.335 e. The summed E-state index contributed by atoms with van der Waals surface area (Å²) in [6, 6.07) is 11.9. The Morgan fingerprint density at radius 3 is 2.67 bits per heavy atom. The topological polar surface area (TPSA) is 48.8 Å². The van der Waals surface area contributed by atoms with Gasteiger partial charge in [0, 0.05) is 23.0 Å². The van der Waals surface area contributed by atoms with E-state index in [0.717, 1.165) is 43.2 Å². The van der Waals surface area contributed by atoms with Crippen molar-refractivity contribution in [1.82, 2.24) is 9.88 Å². The number of amidine groups is 1. The molecule has 1 fully saturated rings. The Hall–Kier alpha value is -2.26. The van der Waals surface area contributed by atoms with Crippen LogP contribution in [-0.4, -0.2) is 34.0 Å². The summed E-state index contributed by atoms with van der Waals surface area (Å²) in [5.41, 5.74) is 2.85. The molecule has 1 amide bonds. The maximum absolute atomic E-state index is 13.0. The Morgan fingerprint density at radius 1 is 1.06 bits per heavy atom. The molecule has 9 heteroatoms. The number of nitrogens with zero attached hydrogens (tertiary/aromatic N) is 4. The van der Waals surface area contributed by atoms with E-state index in [9.17, 15) is 4.79 Å². The van der Waals surface area contributed by atoms with Gasteiger partial charge in [0.2, 0.25) is 0 Å². The first kappa shape index (κ1) is 22.5. The van der Waals surface area contributed by atoms with E-state index in [4.69, 9.17) is 16.6 Å². The molecule has 0 bridgehead atoms. The molecule has 5 rings (SSSR count). The number of benzene rings is 2. The molecule has 3 heterocycles. The molecule has 0 spiro atoms. The van der Waals surface area contributed by atoms with Gasteiger partial charge in [0.15, 0.2) is 5.17 Å². The molecule has 33 heavy (non-hydrogen) atoms. The first-order valence-electron chi connectivity index (χ1n) is 10.6. The molecule has 2 aliphatic heterocycles. The third kappa shape index (κ3) is 4.33. The lowest BCUT2D eigenvalue weighted by Crippen LogP contribution is -2.28. The number of thiazole rings is 1. The normalized spacial score (nSPS) is 19.6. The summed E-state index contributed by atoms with van der Waals surface area (Å²) in [5.74, 6) is -0.0183. The van der Waals surface area contributed by atoms with Crippen molar-refractivity contribution >= 4 is 79.1 Å². The van der Waals surface area contributed by atoms with E-state index in [2.05, 4.69) is 16.8 Å². The number of allylic oxidation sites excluding steroid dienone is 2. The SMILES string of the molecule is CCN1C(=O)C(=CC=C2Sc3ccc(Cl)cc3N2CC)SC1=Nc1ccc2sc(C)nc2c1. The van der Waals surface area contributed by atoms with E-state index in [1.54, 1.807) is 28.0 Å². The van der Waals surface area contributed by atoms with Gasteiger partial charge in [0.25, 0.3) is 5.91 Å². The lowest BCUT2D eigenvalue weighted by Gasteiger charge is -2.17. The summed E-state index contributed by atoms with van der Waals surface area (Å²) >= 11 is 11.0. The molecule has 0 aliphatic carbocycles. The average molecular weight is 513 g/mol. The molecule has 0 radical (unpaired) electrons. The monoisotopic (exact) mass is 512 g/mol. The number of hydrogen-bond acceptors (Lipinski definition) is 7. The van der Waals surface area contributed by atoms with Crippen LogP contribution in [0.25, 0.3) is 10.2 Å². The van der Waals surface area contributed by atoms with E-state index in [0.29, 0.717) is 16.6 Å². The van der Waals surface area contributed by atoms with Crippen molar-refractivity contribution in [3.8, 4) is 0 Å². The third-order valence-corrected chi connectivity index (χ3v) is 8.64. The quantitative estimate of drug-likeness (QED) is 0.346. The van der Waals surface area contributed by atoms with E-state index in [-0.39, 0.29) is 5.91 Å². The Kier molecular flexibility index (Phi) is 6.26. The zero-order valence-electron chi connectivity index (χ0n) is 18.3. The fourth-order valence-corrected chi connectivity index (χ4v) is 6.85. The molecule has 5 nitrogen and oxygen atoms in total. The van der Waals surface area contributed by atoms with Crippen LogP contribution in [0.5, 0.6) is 0 Å². The van der Waals surface area contributed by atoms with Gasteiger partial charge in [0.1, 0.15) is 0 Å². The van der Waals surface area contributed by atoms with Gasteiger partial charge >= 0.3 is 0 Å². The number of thioether (sulfide) groups is 2. The second-order valence-corrected chi connectivity index (χ2v) is 11.2. The van der Waals surface area contributed by atoms with Gasteiger partial charge < -0.3 is 4.90 Å². The van der Waals surface area contributed by atoms with Gasteiger partial charge in [-0.05, 0) is 81.1 Å². The Morgan fingerprint density at radius 2 is 1.88 bits per heavy atom. The fourth-order valence-electron chi connectivity index (χ4n) is 3.77. The van der Waals surface area contributed by atoms with E-state index < -0.39 is 0 Å². The molecule has 168 valence electrons. The molecule has 0 saturated carbocycles. The highest BCUT2D eigenvalue weighted by molar-refractivity contribution is 8.18. The van der Waals surface area contributed by atoms with Crippen LogP contribution in [0, 0.1) is 6.92 Å². The van der Waals surface area contributed by atoms with Crippen LogP contribution in [0.1, 0.15) is 18.9 Å². The zero-order chi connectivity index (χ0) is 23.1. The van der Waals surface area contributed by atoms with Crippen LogP contribution in [0.3, 0.4) is 0 Å². The summed E-state index contributed by atoms with van der Waals surface area (Å²) in [7, 11) is 0. The number of carbonyl (C=O) groups is 1. The molecule has 2 aliphatic rings. The minimum atomic E-state index is -0.0183. The third-order valence-electron chi connectivity index (χ3n) is 5.29. The van der Waals surface area contributed by atoms with Crippen LogP contribution >= 0.6 is 46.5 Å². The van der Waals surface area contributed by atoms with Crippen LogP contribution < -0.4 is 4.90 Å². The number of carbonyl (C=O) groups excluding carboxylic acids is 1. The number of anilines is 1. The maximum atomic E-state index is 13.0. The van der Waals surface area contributed by atoms with Crippen molar-refractivity contribution in [2.45, 2.75) is 25.7 Å². The van der Waals surface area contributed by atoms with Crippen LogP contribution in [0.4, 0.5) is 11.4 Å². The number of likely N-dealkylation sites (N-methyl/N-ethyl adjacent to an activating group) is 1. The van der Waals surface area contributed by atoms with Crippen molar-refractivity contribution in [3.05, 3.63) is 68.5 Å². The summed E-state index contributed by atoms with van der Waals surface area (Å²) in [6.07, 6.45) is 3.92. The minimum Gasteiger partial charge on any atom is -0.335 e. The van der Waals surface area contributed by atoms with Crippen LogP contribution in [0.2, 0.25) is 5.02 Å². The van der Waals surface area contributed by atoms with Crippen molar-refractivity contribution < 1.29 is 4.79 Å². The summed E-state index contributed by atoms with van der Waals surface area (Å²) in [5, 5.41) is 3.52. The lowest BCUT2D eigenvalue weighted by atomic mass is 10.3. The average Bonchev–Trinajstić information content (AvgIpc) is 3.43. The molecule has 0 atom stereocenters. The molecule has 1 saturated heterocycles. The standard InChI is InChI=1S/C24H21ClN4OS3/c1-4-28-18-12-15(25)6-8-20(18)32-22(28)11-10-21-23(30)29(5-2)24(33-21)27-16-7-9-19-17(13-16)26-14(3)31-19/h6-13H,4-5H2,1-3H3. The Bertz CT molecular complexity index is 1360. The lowest BCUT2D eigenvalue weighted by molar-refractivity contribution is -0.122. The van der Waals surface area contributed by atoms with Crippen LogP contribution in [-0.2, 0) is 4.79 Å². The molecule has 1 aromatic heterocycles. The second kappa shape index (κ2) is 9.18. The van der Waals surface area contributed by atoms with Gasteiger partial charge in [-0.15, -0.1) is 11.3 Å². The van der Waals surface area contributed by atoms with Gasteiger partial charge in [-0.25, -0.2) is 9.98 Å². The fraction of sp³-hybridized carbons (Fsp3) is 0.208. The number of rotatable bonds is 4. The van der Waals surface area contributed by atoms with Gasteiger partial charge in [-0.1, -0.05) is 23.4 Å². The molecule has 0 unspecified atom stereocenters. The first-order valence-corrected chi connectivity index (χ1v) is 13.4. The number of hydrogen-bond donors (Lipinski definition) is 0. The van der Waals surface area contributed by atoms with Crippen molar-refractivity contribution in [3.63, 3.8) is 0 Å². The number of fused-ring (bicyclic) bond motifs is 2. The van der Waals surface area contributed by atoms with Crippen molar-refractivity contribution in [1.29, 1.82) is 0 Å². The molecule has 0 N–H and O–H groups in total. The highest BCUT2D eigenvalue weighted by Crippen LogP contribution is 2.47. The molecule has 2 aromatic carbocycles. The molecule has 3 aromatic rings. The summed E-state index contributed by atoms with van der Waals surface area (Å²) in [4.78, 5) is 28.2. The number of aryl methyl sites for hydroxylation is 1. The molecular weight excluding hydrogens is 492 g/mol. The van der Waals surface area contributed by atoms with Crippen molar-refractivity contribution in [2.75, 3.05) is 18.0 Å².